The summed E-state index contributed by atoms with van der Waals surface area (Å²) >= 11 is 0. The van der Waals surface area contributed by atoms with E-state index in [2.05, 4.69) is 24.0 Å². The Morgan fingerprint density at radius 2 is 1.67 bits per heavy atom. The minimum atomic E-state index is 0. The summed E-state index contributed by atoms with van der Waals surface area (Å²) in [6.45, 7) is 4.78. The molecule has 6 heteroatoms. The summed E-state index contributed by atoms with van der Waals surface area (Å²) in [7, 11) is 3.27. The Bertz CT molecular complexity index is 587. The van der Waals surface area contributed by atoms with Crippen LogP contribution in [0.15, 0.2) is 18.2 Å². The van der Waals surface area contributed by atoms with Crippen molar-refractivity contribution in [2.24, 2.45) is 0 Å². The van der Waals surface area contributed by atoms with Crippen molar-refractivity contribution >= 4 is 12.4 Å². The third kappa shape index (κ3) is 5.06. The van der Waals surface area contributed by atoms with Gasteiger partial charge in [0.25, 0.3) is 0 Å². The van der Waals surface area contributed by atoms with Crippen LogP contribution in [0.4, 0.5) is 0 Å². The number of nitrogens with zero attached hydrogens (tertiary/aromatic N) is 1. The highest BCUT2D eigenvalue weighted by molar-refractivity contribution is 5.85. The zero-order valence-electron chi connectivity index (χ0n) is 14.8. The van der Waals surface area contributed by atoms with Crippen molar-refractivity contribution in [1.82, 2.24) is 10.2 Å². The van der Waals surface area contributed by atoms with E-state index in [4.69, 9.17) is 14.2 Å². The molecule has 1 aromatic heterocycles. The molecule has 0 bridgehead atoms. The first-order valence-corrected chi connectivity index (χ1v) is 8.01. The van der Waals surface area contributed by atoms with E-state index in [1.54, 1.807) is 14.2 Å². The number of methoxy groups -OCH3 is 2. The maximum atomic E-state index is 5.87. The van der Waals surface area contributed by atoms with Crippen molar-refractivity contribution in [3.63, 3.8) is 0 Å². The fraction of sp³-hybridized carbons (Fsp3) is 0.500. The molecule has 2 rings (SSSR count). The number of aryl methyl sites for hydroxylation is 2. The zero-order valence-corrected chi connectivity index (χ0v) is 15.7. The maximum Gasteiger partial charge on any atom is 0.203 e. The molecule has 1 heterocycles. The SMILES string of the molecule is COc1cccc(OC)c1OCCCCCc1c(C)n[nH]c1C.Cl. The van der Waals surface area contributed by atoms with E-state index in [1.807, 2.05) is 18.2 Å². The highest BCUT2D eigenvalue weighted by atomic mass is 35.5. The van der Waals surface area contributed by atoms with Crippen LogP contribution in [0, 0.1) is 13.8 Å². The molecule has 134 valence electrons. The molecule has 0 unspecified atom stereocenters. The predicted molar refractivity (Wildman–Crippen MR) is 97.9 cm³/mol. The van der Waals surface area contributed by atoms with Crippen LogP contribution in [-0.2, 0) is 6.42 Å². The molecule has 0 aliphatic rings. The van der Waals surface area contributed by atoms with Crippen LogP contribution in [0.25, 0.3) is 0 Å². The molecule has 0 saturated heterocycles. The van der Waals surface area contributed by atoms with E-state index in [9.17, 15) is 0 Å². The number of H-pyrrole nitrogens is 1. The van der Waals surface area contributed by atoms with Crippen molar-refractivity contribution in [3.8, 4) is 17.2 Å². The number of para-hydroxylation sites is 1. The second-order valence-corrected chi connectivity index (χ2v) is 5.56. The van der Waals surface area contributed by atoms with Crippen LogP contribution in [-0.4, -0.2) is 31.0 Å². The maximum absolute atomic E-state index is 5.87. The third-order valence-corrected chi connectivity index (χ3v) is 3.98. The van der Waals surface area contributed by atoms with Gasteiger partial charge in [-0.15, -0.1) is 12.4 Å². The van der Waals surface area contributed by atoms with Gasteiger partial charge in [0.1, 0.15) is 0 Å². The number of aromatic nitrogens is 2. The quantitative estimate of drug-likeness (QED) is 0.684. The summed E-state index contributed by atoms with van der Waals surface area (Å²) in [4.78, 5) is 0. The van der Waals surface area contributed by atoms with Crippen molar-refractivity contribution in [1.29, 1.82) is 0 Å². The number of rotatable bonds is 9. The lowest BCUT2D eigenvalue weighted by Gasteiger charge is -2.14. The minimum absolute atomic E-state index is 0. The van der Waals surface area contributed by atoms with Gasteiger partial charge in [0.15, 0.2) is 11.5 Å². The fourth-order valence-corrected chi connectivity index (χ4v) is 2.66. The van der Waals surface area contributed by atoms with Crippen LogP contribution < -0.4 is 14.2 Å². The van der Waals surface area contributed by atoms with Crippen molar-refractivity contribution < 1.29 is 14.2 Å². The number of ether oxygens (including phenoxy) is 3. The van der Waals surface area contributed by atoms with Gasteiger partial charge >= 0.3 is 0 Å². The van der Waals surface area contributed by atoms with Crippen molar-refractivity contribution in [2.75, 3.05) is 20.8 Å². The molecule has 1 N–H and O–H groups in total. The summed E-state index contributed by atoms with van der Waals surface area (Å²) in [6.07, 6.45) is 4.30. The van der Waals surface area contributed by atoms with Crippen LogP contribution in [0.5, 0.6) is 17.2 Å². The predicted octanol–water partition coefficient (Wildman–Crippen LogP) is 4.26. The molecule has 0 atom stereocenters. The number of halogens is 1. The van der Waals surface area contributed by atoms with Gasteiger partial charge in [-0.2, -0.15) is 5.10 Å². The van der Waals surface area contributed by atoms with Gasteiger partial charge in [-0.25, -0.2) is 0 Å². The molecular weight excluding hydrogens is 328 g/mol. The monoisotopic (exact) mass is 354 g/mol. The highest BCUT2D eigenvalue weighted by Gasteiger charge is 2.11. The molecule has 0 aliphatic heterocycles. The summed E-state index contributed by atoms with van der Waals surface area (Å²) in [5, 5.41) is 7.26. The van der Waals surface area contributed by atoms with Gasteiger partial charge < -0.3 is 14.2 Å². The van der Waals surface area contributed by atoms with Gasteiger partial charge in [0.2, 0.25) is 5.75 Å². The molecule has 0 radical (unpaired) electrons. The lowest BCUT2D eigenvalue weighted by molar-refractivity contribution is 0.267. The van der Waals surface area contributed by atoms with Gasteiger partial charge in [0, 0.05) is 5.69 Å². The number of benzene rings is 1. The Balaban J connectivity index is 0.00000288. The zero-order chi connectivity index (χ0) is 16.7. The summed E-state index contributed by atoms with van der Waals surface area (Å²) in [6, 6.07) is 5.64. The number of hydrogen-bond acceptors (Lipinski definition) is 4. The van der Waals surface area contributed by atoms with Crippen molar-refractivity contribution in [2.45, 2.75) is 39.5 Å². The molecule has 0 amide bonds. The smallest absolute Gasteiger partial charge is 0.203 e. The molecule has 0 saturated carbocycles. The van der Waals surface area contributed by atoms with E-state index in [0.717, 1.165) is 31.4 Å². The summed E-state index contributed by atoms with van der Waals surface area (Å²) < 4.78 is 16.5. The van der Waals surface area contributed by atoms with Crippen molar-refractivity contribution in [3.05, 3.63) is 35.2 Å². The molecule has 0 aliphatic carbocycles. The second kappa shape index (κ2) is 10.1. The lowest BCUT2D eigenvalue weighted by Crippen LogP contribution is -2.02. The van der Waals surface area contributed by atoms with Gasteiger partial charge in [-0.3, -0.25) is 5.10 Å². The molecule has 0 spiro atoms. The van der Waals surface area contributed by atoms with Crippen LogP contribution in [0.3, 0.4) is 0 Å². The van der Waals surface area contributed by atoms with E-state index in [-0.39, 0.29) is 12.4 Å². The topological polar surface area (TPSA) is 56.4 Å². The average molecular weight is 355 g/mol. The normalized spacial score (nSPS) is 10.2. The first-order valence-electron chi connectivity index (χ1n) is 8.01. The standard InChI is InChI=1S/C18H26N2O3.ClH/c1-13-15(14(2)20-19-13)9-6-5-7-12-23-18-16(21-3)10-8-11-17(18)22-4;/h8,10-11H,5-7,9,12H2,1-4H3,(H,19,20);1H. The van der Waals surface area contributed by atoms with Gasteiger partial charge in [0.05, 0.1) is 26.5 Å². The minimum Gasteiger partial charge on any atom is -0.493 e. The van der Waals surface area contributed by atoms with Crippen LogP contribution in [0.1, 0.15) is 36.2 Å². The number of nitrogens with one attached hydrogen (secondary N) is 1. The Labute approximate surface area is 150 Å². The average Bonchev–Trinajstić information content (AvgIpc) is 2.89. The Hall–Kier alpha value is -1.88. The van der Waals surface area contributed by atoms with E-state index in [0.29, 0.717) is 23.9 Å². The Morgan fingerprint density at radius 3 is 2.21 bits per heavy atom. The first-order chi connectivity index (χ1) is 11.2. The lowest BCUT2D eigenvalue weighted by atomic mass is 10.1. The van der Waals surface area contributed by atoms with Gasteiger partial charge in [-0.05, 0) is 57.2 Å². The summed E-state index contributed by atoms with van der Waals surface area (Å²) in [5.74, 6) is 2.09. The van der Waals surface area contributed by atoms with Crippen LogP contribution >= 0.6 is 12.4 Å². The number of hydrogen-bond donors (Lipinski definition) is 1. The Morgan fingerprint density at radius 1 is 1.00 bits per heavy atom. The number of aromatic amines is 1. The number of unbranched alkanes of at least 4 members (excludes halogenated alkanes) is 2. The third-order valence-electron chi connectivity index (χ3n) is 3.98. The highest BCUT2D eigenvalue weighted by Crippen LogP contribution is 2.36. The van der Waals surface area contributed by atoms with E-state index < -0.39 is 0 Å². The molecule has 24 heavy (non-hydrogen) atoms. The molecule has 0 fully saturated rings. The molecule has 2 aromatic rings. The van der Waals surface area contributed by atoms with Gasteiger partial charge in [-0.1, -0.05) is 6.07 Å². The van der Waals surface area contributed by atoms with Crippen LogP contribution in [0.2, 0.25) is 0 Å². The summed E-state index contributed by atoms with van der Waals surface area (Å²) in [5.41, 5.74) is 3.63. The molecule has 1 aromatic carbocycles. The second-order valence-electron chi connectivity index (χ2n) is 5.56. The Kier molecular flexibility index (Phi) is 8.47. The van der Waals surface area contributed by atoms with E-state index >= 15 is 0 Å². The fourth-order valence-electron chi connectivity index (χ4n) is 2.66. The first kappa shape index (κ1) is 20.2. The molecular formula is C18H27ClN2O3. The largest absolute Gasteiger partial charge is 0.493 e. The molecule has 5 nitrogen and oxygen atoms in total. The van der Waals surface area contributed by atoms with E-state index in [1.165, 1.54) is 11.3 Å².